The number of esters is 1. The lowest BCUT2D eigenvalue weighted by Gasteiger charge is -2.01. The van der Waals surface area contributed by atoms with Crippen LogP contribution in [0.15, 0.2) is 33.6 Å². The van der Waals surface area contributed by atoms with E-state index >= 15 is 0 Å². The Balaban J connectivity index is 2.16. The number of carbonyl (C=O) groups is 1. The van der Waals surface area contributed by atoms with E-state index in [-0.39, 0.29) is 0 Å². The molecule has 0 fully saturated rings. The monoisotopic (exact) mass is 281 g/mol. The quantitative estimate of drug-likeness (QED) is 0.869. The number of nitrogens with one attached hydrogen (secondary N) is 1. The van der Waals surface area contributed by atoms with Gasteiger partial charge in [-0.3, -0.25) is 0 Å². The van der Waals surface area contributed by atoms with Gasteiger partial charge in [0, 0.05) is 18.1 Å². The molecule has 5 nitrogen and oxygen atoms in total. The summed E-state index contributed by atoms with van der Waals surface area (Å²) in [6.07, 6.45) is 3.38. The van der Waals surface area contributed by atoms with Gasteiger partial charge in [-0.2, -0.15) is 0 Å². The molecule has 0 amide bonds. The Morgan fingerprint density at radius 1 is 1.50 bits per heavy atom. The molecular weight excluding hydrogens is 270 g/mol. The zero-order valence-electron chi connectivity index (χ0n) is 9.84. The Labute approximate surface area is 113 Å². The van der Waals surface area contributed by atoms with Crippen LogP contribution in [-0.4, -0.2) is 30.1 Å². The highest BCUT2D eigenvalue weighted by molar-refractivity contribution is 8.01. The smallest absolute Gasteiger partial charge is 0.356 e. The number of thiazole rings is 1. The highest BCUT2D eigenvalue weighted by atomic mass is 32.2. The van der Waals surface area contributed by atoms with Crippen LogP contribution in [0.3, 0.4) is 0 Å². The number of hydrogen-bond donors (Lipinski definition) is 1. The van der Waals surface area contributed by atoms with E-state index in [1.54, 1.807) is 29.8 Å². The van der Waals surface area contributed by atoms with Gasteiger partial charge in [0.15, 0.2) is 5.13 Å². The molecule has 2 aromatic rings. The summed E-state index contributed by atoms with van der Waals surface area (Å²) in [6.45, 7) is 0. The number of carbonyl (C=O) groups excluding carboxylic acids is 1. The van der Waals surface area contributed by atoms with Crippen molar-refractivity contribution in [1.29, 1.82) is 0 Å². The van der Waals surface area contributed by atoms with E-state index in [1.165, 1.54) is 18.9 Å². The molecule has 0 spiro atoms. The van der Waals surface area contributed by atoms with Crippen molar-refractivity contribution in [2.45, 2.75) is 9.10 Å². The Morgan fingerprint density at radius 2 is 2.33 bits per heavy atom. The van der Waals surface area contributed by atoms with Gasteiger partial charge in [0.05, 0.1) is 17.5 Å². The van der Waals surface area contributed by atoms with Crippen molar-refractivity contribution < 1.29 is 9.53 Å². The van der Waals surface area contributed by atoms with Crippen LogP contribution >= 0.6 is 23.1 Å². The van der Waals surface area contributed by atoms with Crippen LogP contribution in [0.1, 0.15) is 10.5 Å². The van der Waals surface area contributed by atoms with E-state index in [0.717, 1.165) is 14.2 Å². The fourth-order valence-corrected chi connectivity index (χ4v) is 3.06. The van der Waals surface area contributed by atoms with Crippen molar-refractivity contribution in [3.8, 4) is 0 Å². The summed E-state index contributed by atoms with van der Waals surface area (Å²) < 4.78 is 5.68. The van der Waals surface area contributed by atoms with Gasteiger partial charge >= 0.3 is 5.97 Å². The number of aromatic nitrogens is 2. The third-order valence-electron chi connectivity index (χ3n) is 2.04. The van der Waals surface area contributed by atoms with E-state index in [4.69, 9.17) is 0 Å². The minimum absolute atomic E-state index is 0.306. The minimum Gasteiger partial charge on any atom is -0.464 e. The van der Waals surface area contributed by atoms with Crippen molar-refractivity contribution >= 4 is 34.2 Å². The van der Waals surface area contributed by atoms with Crippen LogP contribution in [-0.2, 0) is 4.74 Å². The topological polar surface area (TPSA) is 64.1 Å². The van der Waals surface area contributed by atoms with E-state index in [0.29, 0.717) is 5.69 Å². The molecule has 7 heteroatoms. The lowest BCUT2D eigenvalue weighted by atomic mass is 10.3. The summed E-state index contributed by atoms with van der Waals surface area (Å²) in [5, 5.41) is 3.84. The summed E-state index contributed by atoms with van der Waals surface area (Å²) in [6, 6.07) is 3.55. The first kappa shape index (κ1) is 12.8. The van der Waals surface area contributed by atoms with Gasteiger partial charge in [-0.25, -0.2) is 14.8 Å². The molecule has 0 aliphatic rings. The van der Waals surface area contributed by atoms with Crippen molar-refractivity contribution in [2.75, 3.05) is 19.5 Å². The van der Waals surface area contributed by atoms with Crippen LogP contribution < -0.4 is 5.32 Å². The number of methoxy groups -OCH3 is 1. The number of hydrogen-bond acceptors (Lipinski definition) is 7. The molecule has 0 atom stereocenters. The van der Waals surface area contributed by atoms with Gasteiger partial charge < -0.3 is 10.1 Å². The molecule has 2 rings (SSSR count). The molecule has 0 unspecified atom stereocenters. The number of nitrogens with zero attached hydrogens (tertiary/aromatic N) is 2. The van der Waals surface area contributed by atoms with Crippen LogP contribution in [0.5, 0.6) is 0 Å². The van der Waals surface area contributed by atoms with Crippen LogP contribution in [0.25, 0.3) is 0 Å². The molecule has 0 saturated heterocycles. The zero-order chi connectivity index (χ0) is 13.0. The first-order valence-electron chi connectivity index (χ1n) is 5.08. The van der Waals surface area contributed by atoms with Gasteiger partial charge in [-0.1, -0.05) is 23.1 Å². The molecule has 0 aromatic carbocycles. The van der Waals surface area contributed by atoms with Crippen molar-refractivity contribution in [3.63, 3.8) is 0 Å². The molecule has 18 heavy (non-hydrogen) atoms. The molecular formula is C11H11N3O2S2. The van der Waals surface area contributed by atoms with Crippen molar-refractivity contribution in [1.82, 2.24) is 9.97 Å². The summed E-state index contributed by atoms with van der Waals surface area (Å²) in [7, 11) is 3.17. The largest absolute Gasteiger partial charge is 0.464 e. The van der Waals surface area contributed by atoms with Gasteiger partial charge in [0.2, 0.25) is 0 Å². The zero-order valence-corrected chi connectivity index (χ0v) is 11.5. The van der Waals surface area contributed by atoms with Gasteiger partial charge in [-0.05, 0) is 12.1 Å². The summed E-state index contributed by atoms with van der Waals surface area (Å²) in [4.78, 5) is 20.4. The first-order valence-corrected chi connectivity index (χ1v) is 6.72. The highest BCUT2D eigenvalue weighted by Gasteiger charge is 2.09. The molecule has 2 aromatic heterocycles. The second-order valence-electron chi connectivity index (χ2n) is 3.20. The second-order valence-corrected chi connectivity index (χ2v) is 5.61. The SMILES string of the molecule is CNc1ncc(Sc2ccnc(C(=O)OC)c2)s1. The molecule has 0 aliphatic carbocycles. The standard InChI is InChI=1S/C11H11N3O2S2/c1-12-11-14-6-9(18-11)17-7-3-4-13-8(5-7)10(15)16-2/h3-6H,1-2H3,(H,12,14). The van der Waals surface area contributed by atoms with Crippen LogP contribution in [0.4, 0.5) is 5.13 Å². The first-order chi connectivity index (χ1) is 8.72. The number of rotatable bonds is 4. The molecule has 1 N–H and O–H groups in total. The Kier molecular flexibility index (Phi) is 4.16. The summed E-state index contributed by atoms with van der Waals surface area (Å²) in [5.74, 6) is -0.433. The number of pyridine rings is 1. The van der Waals surface area contributed by atoms with Gasteiger partial charge in [0.25, 0.3) is 0 Å². The Hall–Kier alpha value is -1.60. The Morgan fingerprint density at radius 3 is 3.00 bits per heavy atom. The predicted molar refractivity (Wildman–Crippen MR) is 71.4 cm³/mol. The predicted octanol–water partition coefficient (Wildman–Crippen LogP) is 2.52. The number of anilines is 1. The molecule has 0 bridgehead atoms. The van der Waals surface area contributed by atoms with Crippen LogP contribution in [0.2, 0.25) is 0 Å². The summed E-state index contributed by atoms with van der Waals surface area (Å²) >= 11 is 3.09. The maximum absolute atomic E-state index is 11.4. The second kappa shape index (κ2) is 5.83. The lowest BCUT2D eigenvalue weighted by molar-refractivity contribution is 0.0593. The fourth-order valence-electron chi connectivity index (χ4n) is 1.23. The van der Waals surface area contributed by atoms with E-state index < -0.39 is 5.97 Å². The average Bonchev–Trinajstić information content (AvgIpc) is 2.86. The highest BCUT2D eigenvalue weighted by Crippen LogP contribution is 2.33. The Bertz CT molecular complexity index is 557. The maximum Gasteiger partial charge on any atom is 0.356 e. The van der Waals surface area contributed by atoms with Gasteiger partial charge in [-0.15, -0.1) is 0 Å². The maximum atomic E-state index is 11.4. The minimum atomic E-state index is -0.433. The molecule has 0 aliphatic heterocycles. The van der Waals surface area contributed by atoms with Crippen LogP contribution in [0, 0.1) is 0 Å². The van der Waals surface area contributed by atoms with E-state index in [2.05, 4.69) is 20.0 Å². The van der Waals surface area contributed by atoms with E-state index in [1.807, 2.05) is 13.1 Å². The molecule has 94 valence electrons. The third-order valence-corrected chi connectivity index (χ3v) is 4.15. The van der Waals surface area contributed by atoms with Crippen molar-refractivity contribution in [3.05, 3.63) is 30.2 Å². The molecule has 0 saturated carbocycles. The van der Waals surface area contributed by atoms with E-state index in [9.17, 15) is 4.79 Å². The normalized spacial score (nSPS) is 10.1. The lowest BCUT2D eigenvalue weighted by Crippen LogP contribution is -2.03. The number of ether oxygens (including phenoxy) is 1. The third kappa shape index (κ3) is 2.99. The fraction of sp³-hybridized carbons (Fsp3) is 0.182. The van der Waals surface area contributed by atoms with Crippen molar-refractivity contribution in [2.24, 2.45) is 0 Å². The average molecular weight is 281 g/mol. The molecule has 2 heterocycles. The van der Waals surface area contributed by atoms with Gasteiger partial charge in [0.1, 0.15) is 5.69 Å². The molecule has 0 radical (unpaired) electrons. The summed E-state index contributed by atoms with van der Waals surface area (Å²) in [5.41, 5.74) is 0.306.